The SMILES string of the molecule is O=C(Cn1ccc(=O)c2ccccc21)Nc1nc(-c2ccccc2Cl)cs1. The number of halogens is 1. The van der Waals surface area contributed by atoms with Crippen molar-refractivity contribution in [2.75, 3.05) is 5.32 Å². The molecule has 4 rings (SSSR count). The summed E-state index contributed by atoms with van der Waals surface area (Å²) < 4.78 is 1.74. The molecule has 2 heterocycles. The summed E-state index contributed by atoms with van der Waals surface area (Å²) in [5.74, 6) is -0.219. The quantitative estimate of drug-likeness (QED) is 0.556. The lowest BCUT2D eigenvalue weighted by atomic mass is 10.2. The van der Waals surface area contributed by atoms with E-state index >= 15 is 0 Å². The molecule has 0 aliphatic rings. The molecule has 2 aromatic carbocycles. The maximum atomic E-state index is 12.5. The van der Waals surface area contributed by atoms with Crippen LogP contribution in [0.2, 0.25) is 5.02 Å². The number of anilines is 1. The van der Waals surface area contributed by atoms with Gasteiger partial charge in [-0.1, -0.05) is 41.9 Å². The first kappa shape index (κ1) is 17.5. The molecular weight excluding hydrogens is 382 g/mol. The van der Waals surface area contributed by atoms with E-state index in [0.717, 1.165) is 16.8 Å². The zero-order valence-electron chi connectivity index (χ0n) is 14.1. The standard InChI is InChI=1S/C20H14ClN3O2S/c21-15-7-3-1-5-13(15)16-12-27-20(22-16)23-19(26)11-24-10-9-18(25)14-6-2-4-8-17(14)24/h1-10,12H,11H2,(H,22,23,26). The number of nitrogens with one attached hydrogen (secondary N) is 1. The maximum absolute atomic E-state index is 12.5. The molecule has 4 aromatic rings. The largest absolute Gasteiger partial charge is 0.338 e. The highest BCUT2D eigenvalue weighted by Crippen LogP contribution is 2.30. The fraction of sp³-hybridized carbons (Fsp3) is 0.0500. The van der Waals surface area contributed by atoms with Crippen LogP contribution in [-0.4, -0.2) is 15.5 Å². The summed E-state index contributed by atoms with van der Waals surface area (Å²) in [5.41, 5.74) is 2.19. The minimum Gasteiger partial charge on any atom is -0.338 e. The van der Waals surface area contributed by atoms with Gasteiger partial charge in [0.25, 0.3) is 0 Å². The third kappa shape index (κ3) is 3.63. The van der Waals surface area contributed by atoms with E-state index in [9.17, 15) is 9.59 Å². The van der Waals surface area contributed by atoms with Gasteiger partial charge in [-0.25, -0.2) is 4.98 Å². The first-order chi connectivity index (χ1) is 13.1. The Hall–Kier alpha value is -2.96. The van der Waals surface area contributed by atoms with Gasteiger partial charge in [0, 0.05) is 33.6 Å². The number of fused-ring (bicyclic) bond motifs is 1. The van der Waals surface area contributed by atoms with Gasteiger partial charge in [0.05, 0.1) is 11.2 Å². The predicted octanol–water partition coefficient (Wildman–Crippen LogP) is 4.42. The van der Waals surface area contributed by atoms with Crippen molar-refractivity contribution in [2.24, 2.45) is 0 Å². The zero-order chi connectivity index (χ0) is 18.8. The average Bonchev–Trinajstić information content (AvgIpc) is 3.13. The lowest BCUT2D eigenvalue weighted by Crippen LogP contribution is -2.20. The van der Waals surface area contributed by atoms with Gasteiger partial charge in [-0.2, -0.15) is 0 Å². The van der Waals surface area contributed by atoms with Crippen LogP contribution in [0.5, 0.6) is 0 Å². The van der Waals surface area contributed by atoms with Gasteiger partial charge in [-0.05, 0) is 18.2 Å². The van der Waals surface area contributed by atoms with Crippen molar-refractivity contribution in [3.63, 3.8) is 0 Å². The third-order valence-corrected chi connectivity index (χ3v) is 5.19. The number of benzene rings is 2. The van der Waals surface area contributed by atoms with Gasteiger partial charge in [-0.3, -0.25) is 9.59 Å². The molecule has 0 aliphatic carbocycles. The smallest absolute Gasteiger partial charge is 0.246 e. The number of rotatable bonds is 4. The van der Waals surface area contributed by atoms with Crippen LogP contribution in [0.25, 0.3) is 22.2 Å². The number of hydrogen-bond acceptors (Lipinski definition) is 4. The van der Waals surface area contributed by atoms with Crippen LogP contribution in [-0.2, 0) is 11.3 Å². The van der Waals surface area contributed by atoms with Crippen LogP contribution >= 0.6 is 22.9 Å². The molecule has 0 spiro atoms. The number of carbonyl (C=O) groups excluding carboxylic acids is 1. The summed E-state index contributed by atoms with van der Waals surface area (Å²) in [4.78, 5) is 28.8. The summed E-state index contributed by atoms with van der Waals surface area (Å²) in [6, 6.07) is 16.1. The number of aromatic nitrogens is 2. The van der Waals surface area contributed by atoms with E-state index in [0.29, 0.717) is 15.5 Å². The Labute approximate surface area is 163 Å². The summed E-state index contributed by atoms with van der Waals surface area (Å²) in [6.45, 7) is 0.0851. The van der Waals surface area contributed by atoms with Crippen molar-refractivity contribution in [2.45, 2.75) is 6.54 Å². The monoisotopic (exact) mass is 395 g/mol. The van der Waals surface area contributed by atoms with Gasteiger partial charge in [0.15, 0.2) is 10.6 Å². The number of carbonyl (C=O) groups is 1. The van der Waals surface area contributed by atoms with Crippen molar-refractivity contribution in [3.8, 4) is 11.3 Å². The number of pyridine rings is 1. The van der Waals surface area contributed by atoms with Crippen LogP contribution in [0.4, 0.5) is 5.13 Å². The van der Waals surface area contributed by atoms with Crippen molar-refractivity contribution < 1.29 is 4.79 Å². The number of nitrogens with zero attached hydrogens (tertiary/aromatic N) is 2. The van der Waals surface area contributed by atoms with Crippen molar-refractivity contribution >= 4 is 44.9 Å². The normalized spacial score (nSPS) is 10.9. The Kier molecular flexibility index (Phi) is 4.75. The van der Waals surface area contributed by atoms with E-state index in [4.69, 9.17) is 11.6 Å². The Balaban J connectivity index is 1.54. The average molecular weight is 396 g/mol. The van der Waals surface area contributed by atoms with E-state index in [1.165, 1.54) is 17.4 Å². The Morgan fingerprint density at radius 2 is 1.89 bits per heavy atom. The molecule has 0 saturated carbocycles. The highest BCUT2D eigenvalue weighted by Gasteiger charge is 2.11. The molecular formula is C20H14ClN3O2S. The molecule has 134 valence electrons. The topological polar surface area (TPSA) is 64.0 Å². The second-order valence-electron chi connectivity index (χ2n) is 5.89. The first-order valence-electron chi connectivity index (χ1n) is 8.20. The number of para-hydroxylation sites is 1. The van der Waals surface area contributed by atoms with Crippen LogP contribution in [0, 0.1) is 0 Å². The Morgan fingerprint density at radius 3 is 2.74 bits per heavy atom. The van der Waals surface area contributed by atoms with Crippen LogP contribution in [0.15, 0.2) is 71.0 Å². The summed E-state index contributed by atoms with van der Waals surface area (Å²) >= 11 is 7.53. The first-order valence-corrected chi connectivity index (χ1v) is 9.46. The van der Waals surface area contributed by atoms with E-state index < -0.39 is 0 Å². The van der Waals surface area contributed by atoms with Crippen LogP contribution in [0.1, 0.15) is 0 Å². The fourth-order valence-corrected chi connectivity index (χ4v) is 3.79. The third-order valence-electron chi connectivity index (χ3n) is 4.10. The molecule has 0 unspecified atom stereocenters. The van der Waals surface area contributed by atoms with E-state index in [-0.39, 0.29) is 17.9 Å². The maximum Gasteiger partial charge on any atom is 0.246 e. The molecule has 0 bridgehead atoms. The molecule has 0 atom stereocenters. The van der Waals surface area contributed by atoms with Crippen molar-refractivity contribution in [1.29, 1.82) is 0 Å². The minimum absolute atomic E-state index is 0.0634. The molecule has 0 radical (unpaired) electrons. The molecule has 5 nitrogen and oxygen atoms in total. The fourth-order valence-electron chi connectivity index (χ4n) is 2.84. The number of amides is 1. The van der Waals surface area contributed by atoms with Gasteiger partial charge >= 0.3 is 0 Å². The van der Waals surface area contributed by atoms with Crippen molar-refractivity contribution in [1.82, 2.24) is 9.55 Å². The predicted molar refractivity (Wildman–Crippen MR) is 109 cm³/mol. The minimum atomic E-state index is -0.219. The second kappa shape index (κ2) is 7.34. The molecule has 7 heteroatoms. The second-order valence-corrected chi connectivity index (χ2v) is 7.16. The van der Waals surface area contributed by atoms with Crippen LogP contribution in [0.3, 0.4) is 0 Å². The molecule has 1 N–H and O–H groups in total. The highest BCUT2D eigenvalue weighted by atomic mass is 35.5. The summed E-state index contributed by atoms with van der Waals surface area (Å²) in [7, 11) is 0. The van der Waals surface area contributed by atoms with E-state index in [2.05, 4.69) is 10.3 Å². The van der Waals surface area contributed by atoms with E-state index in [1.807, 2.05) is 35.7 Å². The number of thiazole rings is 1. The molecule has 0 aliphatic heterocycles. The lowest BCUT2D eigenvalue weighted by Gasteiger charge is -2.09. The Bertz CT molecular complexity index is 1200. The van der Waals surface area contributed by atoms with Gasteiger partial charge in [0.1, 0.15) is 6.54 Å². The molecule has 0 saturated heterocycles. The molecule has 27 heavy (non-hydrogen) atoms. The number of hydrogen-bond donors (Lipinski definition) is 1. The highest BCUT2D eigenvalue weighted by molar-refractivity contribution is 7.14. The van der Waals surface area contributed by atoms with Crippen LogP contribution < -0.4 is 10.7 Å². The van der Waals surface area contributed by atoms with Crippen molar-refractivity contribution in [3.05, 3.63) is 81.4 Å². The molecule has 0 fully saturated rings. The van der Waals surface area contributed by atoms with Gasteiger partial charge in [0.2, 0.25) is 5.91 Å². The lowest BCUT2D eigenvalue weighted by molar-refractivity contribution is -0.116. The van der Waals surface area contributed by atoms with E-state index in [1.54, 1.807) is 29.0 Å². The zero-order valence-corrected chi connectivity index (χ0v) is 15.6. The molecule has 1 amide bonds. The summed E-state index contributed by atoms with van der Waals surface area (Å²) in [5, 5.41) is 6.36. The summed E-state index contributed by atoms with van der Waals surface area (Å²) in [6.07, 6.45) is 1.63. The molecule has 2 aromatic heterocycles. The van der Waals surface area contributed by atoms with Gasteiger partial charge in [-0.15, -0.1) is 11.3 Å². The Morgan fingerprint density at radius 1 is 1.11 bits per heavy atom. The van der Waals surface area contributed by atoms with Gasteiger partial charge < -0.3 is 9.88 Å².